The predicted octanol–water partition coefficient (Wildman–Crippen LogP) is 1.79. The van der Waals surface area contributed by atoms with Gasteiger partial charge in [-0.05, 0) is 44.2 Å². The van der Waals surface area contributed by atoms with Crippen LogP contribution >= 0.6 is 0 Å². The molecule has 0 saturated heterocycles. The van der Waals surface area contributed by atoms with Crippen molar-refractivity contribution in [2.45, 2.75) is 57.2 Å². The van der Waals surface area contributed by atoms with Gasteiger partial charge in [0.05, 0.1) is 11.6 Å². The summed E-state index contributed by atoms with van der Waals surface area (Å²) in [7, 11) is 0. The molecule has 3 rings (SSSR count). The normalized spacial score (nSPS) is 21.4. The van der Waals surface area contributed by atoms with E-state index in [1.165, 1.54) is 0 Å². The molecule has 1 fully saturated rings. The first-order valence-corrected chi connectivity index (χ1v) is 8.19. The second kappa shape index (κ2) is 7.00. The monoisotopic (exact) mass is 318 g/mol. The van der Waals surface area contributed by atoms with Gasteiger partial charge in [-0.15, -0.1) is 0 Å². The number of aliphatic hydroxyl groups excluding tert-OH is 1. The Morgan fingerprint density at radius 2 is 2.00 bits per heavy atom. The molecule has 0 atom stereocenters. The summed E-state index contributed by atoms with van der Waals surface area (Å²) in [5.41, 5.74) is 1.34. The number of para-hydroxylation sites is 2. The Hall–Kier alpha value is -2.08. The van der Waals surface area contributed by atoms with Crippen molar-refractivity contribution in [3.8, 4) is 0 Å². The minimum Gasteiger partial charge on any atom is -0.408 e. The number of aryl methyl sites for hydroxylation is 1. The number of oxazole rings is 1. The van der Waals surface area contributed by atoms with E-state index in [-0.39, 0.29) is 23.8 Å². The molecule has 124 valence electrons. The molecule has 1 aromatic heterocycles. The van der Waals surface area contributed by atoms with E-state index in [4.69, 9.17) is 4.42 Å². The molecule has 1 saturated carbocycles. The zero-order valence-corrected chi connectivity index (χ0v) is 13.0. The molecule has 1 aromatic carbocycles. The molecule has 0 aliphatic heterocycles. The number of carbonyl (C=O) groups is 1. The Balaban J connectivity index is 1.50. The number of nitrogens with one attached hydrogen (secondary N) is 1. The highest BCUT2D eigenvalue weighted by Gasteiger charge is 2.20. The van der Waals surface area contributed by atoms with Gasteiger partial charge in [-0.2, -0.15) is 0 Å². The molecule has 0 spiro atoms. The number of rotatable bonds is 5. The van der Waals surface area contributed by atoms with Gasteiger partial charge in [0.1, 0.15) is 0 Å². The molecule has 0 radical (unpaired) electrons. The number of aromatic nitrogens is 1. The van der Waals surface area contributed by atoms with Crippen molar-refractivity contribution >= 4 is 17.0 Å². The summed E-state index contributed by atoms with van der Waals surface area (Å²) >= 11 is 0. The summed E-state index contributed by atoms with van der Waals surface area (Å²) in [5, 5.41) is 12.5. The van der Waals surface area contributed by atoms with E-state index >= 15 is 0 Å². The van der Waals surface area contributed by atoms with E-state index in [0.29, 0.717) is 25.0 Å². The first-order valence-electron chi connectivity index (χ1n) is 8.19. The van der Waals surface area contributed by atoms with E-state index in [1.54, 1.807) is 10.6 Å². The second-order valence-corrected chi connectivity index (χ2v) is 6.16. The smallest absolute Gasteiger partial charge is 0.408 e. The lowest BCUT2D eigenvalue weighted by atomic mass is 9.93. The fourth-order valence-electron chi connectivity index (χ4n) is 3.14. The molecule has 1 amide bonds. The van der Waals surface area contributed by atoms with Crippen LogP contribution in [0.1, 0.15) is 38.5 Å². The number of fused-ring (bicyclic) bond motifs is 1. The molecular formula is C17H22N2O4. The number of hydrogen-bond acceptors (Lipinski definition) is 4. The molecule has 2 N–H and O–H groups in total. The summed E-state index contributed by atoms with van der Waals surface area (Å²) in [4.78, 5) is 23.8. The summed E-state index contributed by atoms with van der Waals surface area (Å²) in [6.07, 6.45) is 3.92. The number of benzene rings is 1. The molecule has 6 nitrogen and oxygen atoms in total. The van der Waals surface area contributed by atoms with Crippen LogP contribution in [0.2, 0.25) is 0 Å². The van der Waals surface area contributed by atoms with Crippen LogP contribution in [0.15, 0.2) is 33.5 Å². The quantitative estimate of drug-likeness (QED) is 0.880. The minimum atomic E-state index is -0.382. The van der Waals surface area contributed by atoms with Crippen molar-refractivity contribution in [1.29, 1.82) is 0 Å². The lowest BCUT2D eigenvalue weighted by Crippen LogP contribution is -2.38. The van der Waals surface area contributed by atoms with Gasteiger partial charge in [0, 0.05) is 19.0 Å². The van der Waals surface area contributed by atoms with Gasteiger partial charge in [0.15, 0.2) is 5.58 Å². The molecule has 1 aliphatic rings. The maximum atomic E-state index is 12.0. The van der Waals surface area contributed by atoms with Gasteiger partial charge in [-0.3, -0.25) is 9.36 Å². The highest BCUT2D eigenvalue weighted by atomic mass is 16.4. The Bertz CT molecular complexity index is 726. The third-order valence-electron chi connectivity index (χ3n) is 4.42. The summed E-state index contributed by atoms with van der Waals surface area (Å²) in [6, 6.07) is 7.45. The Morgan fingerprint density at radius 1 is 1.26 bits per heavy atom. The van der Waals surface area contributed by atoms with Gasteiger partial charge < -0.3 is 14.8 Å². The lowest BCUT2D eigenvalue weighted by Gasteiger charge is -2.26. The molecular weight excluding hydrogens is 296 g/mol. The van der Waals surface area contributed by atoms with Crippen molar-refractivity contribution in [3.63, 3.8) is 0 Å². The number of aliphatic hydroxyl groups is 1. The van der Waals surface area contributed by atoms with Gasteiger partial charge >= 0.3 is 5.76 Å². The summed E-state index contributed by atoms with van der Waals surface area (Å²) < 4.78 is 6.74. The van der Waals surface area contributed by atoms with Crippen LogP contribution in [-0.2, 0) is 11.3 Å². The van der Waals surface area contributed by atoms with Crippen LogP contribution < -0.4 is 11.1 Å². The van der Waals surface area contributed by atoms with E-state index in [2.05, 4.69) is 5.32 Å². The molecule has 6 heteroatoms. The van der Waals surface area contributed by atoms with Crippen LogP contribution in [-0.4, -0.2) is 27.7 Å². The van der Waals surface area contributed by atoms with Crippen LogP contribution in [0, 0.1) is 0 Å². The molecule has 0 bridgehead atoms. The second-order valence-electron chi connectivity index (χ2n) is 6.16. The van der Waals surface area contributed by atoms with Gasteiger partial charge in [-0.1, -0.05) is 12.1 Å². The maximum Gasteiger partial charge on any atom is 0.419 e. The Kier molecular flexibility index (Phi) is 4.81. The lowest BCUT2D eigenvalue weighted by molar-refractivity contribution is -0.122. The van der Waals surface area contributed by atoms with Gasteiger partial charge in [-0.25, -0.2) is 4.79 Å². The zero-order valence-electron chi connectivity index (χ0n) is 13.0. The third kappa shape index (κ3) is 3.82. The Labute approximate surface area is 134 Å². The van der Waals surface area contributed by atoms with Crippen LogP contribution in [0.3, 0.4) is 0 Å². The first kappa shape index (κ1) is 15.8. The number of carbonyl (C=O) groups excluding carboxylic acids is 1. The molecule has 23 heavy (non-hydrogen) atoms. The van der Waals surface area contributed by atoms with Crippen LogP contribution in [0.25, 0.3) is 11.1 Å². The minimum absolute atomic E-state index is 0.00670. The van der Waals surface area contributed by atoms with Crippen LogP contribution in [0.5, 0.6) is 0 Å². The van der Waals surface area contributed by atoms with E-state index in [1.807, 2.05) is 18.2 Å². The SMILES string of the molecule is O=C(CCCn1c(=O)oc2ccccc21)NC1CCC(O)CC1. The van der Waals surface area contributed by atoms with Crippen molar-refractivity contribution in [2.75, 3.05) is 0 Å². The summed E-state index contributed by atoms with van der Waals surface area (Å²) in [5.74, 6) is -0.375. The van der Waals surface area contributed by atoms with E-state index in [0.717, 1.165) is 31.2 Å². The standard InChI is InChI=1S/C17H22N2O4/c20-13-9-7-12(8-10-13)18-16(21)6-3-11-19-14-4-1-2-5-15(14)23-17(19)22/h1-2,4-5,12-13,20H,3,6-11H2,(H,18,21). The number of nitrogens with zero attached hydrogens (tertiary/aromatic N) is 1. The number of amides is 1. The fraction of sp³-hybridized carbons (Fsp3) is 0.529. The zero-order chi connectivity index (χ0) is 16.2. The van der Waals surface area contributed by atoms with E-state index in [9.17, 15) is 14.7 Å². The van der Waals surface area contributed by atoms with Crippen LogP contribution in [0.4, 0.5) is 0 Å². The van der Waals surface area contributed by atoms with Crippen molar-refractivity contribution < 1.29 is 14.3 Å². The van der Waals surface area contributed by atoms with Gasteiger partial charge in [0.25, 0.3) is 0 Å². The third-order valence-corrected chi connectivity index (χ3v) is 4.42. The Morgan fingerprint density at radius 3 is 2.78 bits per heavy atom. The van der Waals surface area contributed by atoms with Crippen molar-refractivity contribution in [3.05, 3.63) is 34.8 Å². The fourth-order valence-corrected chi connectivity index (χ4v) is 3.14. The highest BCUT2D eigenvalue weighted by Crippen LogP contribution is 2.18. The predicted molar refractivity (Wildman–Crippen MR) is 86.1 cm³/mol. The topological polar surface area (TPSA) is 84.5 Å². The average molecular weight is 318 g/mol. The molecule has 2 aromatic rings. The van der Waals surface area contributed by atoms with Gasteiger partial charge in [0.2, 0.25) is 5.91 Å². The highest BCUT2D eigenvalue weighted by molar-refractivity contribution is 5.76. The van der Waals surface area contributed by atoms with E-state index < -0.39 is 0 Å². The maximum absolute atomic E-state index is 12.0. The van der Waals surface area contributed by atoms with Crippen molar-refractivity contribution in [1.82, 2.24) is 9.88 Å². The number of hydrogen-bond donors (Lipinski definition) is 2. The molecule has 0 unspecified atom stereocenters. The molecule has 1 aliphatic carbocycles. The summed E-state index contributed by atoms with van der Waals surface area (Å²) in [6.45, 7) is 0.465. The molecule has 1 heterocycles. The average Bonchev–Trinajstić information content (AvgIpc) is 2.86. The largest absolute Gasteiger partial charge is 0.419 e. The van der Waals surface area contributed by atoms with Crippen molar-refractivity contribution in [2.24, 2.45) is 0 Å². The first-order chi connectivity index (χ1) is 11.1.